The largest absolute Gasteiger partial charge is 0.387 e. The lowest BCUT2D eigenvalue weighted by Crippen LogP contribution is -2.33. The second kappa shape index (κ2) is 11.2. The molecule has 0 amide bonds. The van der Waals surface area contributed by atoms with Gasteiger partial charge in [-0.25, -0.2) is 9.07 Å². The SMILES string of the molecule is C[C@@H](Cc1ccccc1F)Nc1nc(Cl)nc2c1cnn2[C@@H]1O[C@H](COP(=O)(O)CP(=O)(O)O)[C@@H](O)[C@H]1O. The van der Waals surface area contributed by atoms with Crippen LogP contribution in [-0.2, 0) is 24.8 Å². The molecular weight excluding hydrogens is 571 g/mol. The fourth-order valence-corrected chi connectivity index (χ4v) is 6.74. The molecule has 1 saturated heterocycles. The van der Waals surface area contributed by atoms with Crippen LogP contribution in [0.1, 0.15) is 18.7 Å². The van der Waals surface area contributed by atoms with Gasteiger partial charge in [0, 0.05) is 6.04 Å². The van der Waals surface area contributed by atoms with Gasteiger partial charge in [0.05, 0.1) is 18.2 Å². The molecular formula is C20H25ClFN5O9P2. The smallest absolute Gasteiger partial charge is 0.340 e. The molecule has 14 nitrogen and oxygen atoms in total. The normalized spacial score (nSPS) is 24.4. The first-order valence-corrected chi connectivity index (χ1v) is 15.1. The van der Waals surface area contributed by atoms with Crippen LogP contribution in [0.15, 0.2) is 30.5 Å². The van der Waals surface area contributed by atoms with Gasteiger partial charge in [-0.05, 0) is 36.6 Å². The zero-order valence-corrected chi connectivity index (χ0v) is 22.2. The molecule has 18 heteroatoms. The van der Waals surface area contributed by atoms with Crippen molar-refractivity contribution in [1.82, 2.24) is 19.7 Å². The Balaban J connectivity index is 1.52. The zero-order valence-electron chi connectivity index (χ0n) is 19.7. The lowest BCUT2D eigenvalue weighted by Gasteiger charge is -2.18. The van der Waals surface area contributed by atoms with E-state index in [2.05, 4.69) is 20.4 Å². The molecule has 1 aliphatic rings. The molecule has 3 aromatic rings. The van der Waals surface area contributed by atoms with Crippen LogP contribution in [0.3, 0.4) is 0 Å². The van der Waals surface area contributed by atoms with Crippen LogP contribution in [0.25, 0.3) is 11.0 Å². The van der Waals surface area contributed by atoms with Crippen molar-refractivity contribution in [3.05, 3.63) is 47.1 Å². The number of hydrogen-bond donors (Lipinski definition) is 6. The Morgan fingerprint density at radius 1 is 1.21 bits per heavy atom. The van der Waals surface area contributed by atoms with Crippen LogP contribution < -0.4 is 5.32 Å². The average Bonchev–Trinajstić information content (AvgIpc) is 3.33. The number of rotatable bonds is 10. The van der Waals surface area contributed by atoms with E-state index in [0.29, 0.717) is 17.4 Å². The summed E-state index contributed by atoms with van der Waals surface area (Å²) in [5.41, 5.74) is 0.621. The minimum atomic E-state index is -4.85. The standard InChI is InChI=1S/C20H25ClFN5O9P2/c1-10(6-11-4-2-3-5-13(11)22)24-17-12-7-23-27(18(12)26-20(21)25-17)19-16(29)15(28)14(36-19)8-35-38(33,34)9-37(30,31)32/h2-5,7,10,14-16,19,28-29H,6,8-9H2,1H3,(H,33,34)(H,24,25,26)(H2,30,31,32)/t10-,14+,15+,16+,19+/m0/s1. The summed E-state index contributed by atoms with van der Waals surface area (Å²) in [7, 11) is -9.57. The third-order valence-electron chi connectivity index (χ3n) is 5.68. The fraction of sp³-hybridized carbons (Fsp3) is 0.450. The average molecular weight is 596 g/mol. The first kappa shape index (κ1) is 29.0. The summed E-state index contributed by atoms with van der Waals surface area (Å²) in [5.74, 6) is -1.48. The number of hydrogen-bond acceptors (Lipinski definition) is 10. The maximum atomic E-state index is 14.1. The van der Waals surface area contributed by atoms with E-state index in [9.17, 15) is 28.6 Å². The monoisotopic (exact) mass is 595 g/mol. The number of nitrogens with zero attached hydrogens (tertiary/aromatic N) is 4. The van der Waals surface area contributed by atoms with Crippen molar-refractivity contribution in [2.24, 2.45) is 0 Å². The maximum Gasteiger partial charge on any atom is 0.340 e. The van der Waals surface area contributed by atoms with Crippen LogP contribution in [0, 0.1) is 5.82 Å². The van der Waals surface area contributed by atoms with Crippen molar-refractivity contribution in [3.63, 3.8) is 0 Å². The highest BCUT2D eigenvalue weighted by atomic mass is 35.5. The minimum absolute atomic E-state index is 0.123. The Bertz CT molecular complexity index is 1410. The van der Waals surface area contributed by atoms with Gasteiger partial charge >= 0.3 is 15.2 Å². The third-order valence-corrected chi connectivity index (χ3v) is 9.30. The number of fused-ring (bicyclic) bond motifs is 1. The Morgan fingerprint density at radius 2 is 1.92 bits per heavy atom. The molecule has 0 aliphatic carbocycles. The van der Waals surface area contributed by atoms with Gasteiger partial charge in [-0.15, -0.1) is 0 Å². The molecule has 1 fully saturated rings. The minimum Gasteiger partial charge on any atom is -0.387 e. The lowest BCUT2D eigenvalue weighted by molar-refractivity contribution is -0.0541. The number of aromatic nitrogens is 4. The molecule has 3 heterocycles. The molecule has 0 saturated carbocycles. The van der Waals surface area contributed by atoms with Crippen LogP contribution >= 0.6 is 26.8 Å². The summed E-state index contributed by atoms with van der Waals surface area (Å²) in [6.07, 6.45) is -4.16. The van der Waals surface area contributed by atoms with Crippen LogP contribution in [0.2, 0.25) is 5.28 Å². The van der Waals surface area contributed by atoms with Gasteiger partial charge in [0.25, 0.3) is 0 Å². The molecule has 6 atom stereocenters. The maximum absolute atomic E-state index is 14.1. The van der Waals surface area contributed by atoms with E-state index in [4.69, 9.17) is 30.6 Å². The molecule has 6 N–H and O–H groups in total. The highest BCUT2D eigenvalue weighted by molar-refractivity contribution is 7.70. The third kappa shape index (κ3) is 6.75. The van der Waals surface area contributed by atoms with Crippen molar-refractivity contribution < 1.29 is 47.7 Å². The second-order valence-corrected chi connectivity index (χ2v) is 13.1. The molecule has 0 bridgehead atoms. The number of halogens is 2. The summed E-state index contributed by atoms with van der Waals surface area (Å²) in [6.45, 7) is 1.06. The van der Waals surface area contributed by atoms with Crippen molar-refractivity contribution in [2.45, 2.75) is 43.9 Å². The summed E-state index contributed by atoms with van der Waals surface area (Å²) in [5, 5.41) is 28.5. The summed E-state index contributed by atoms with van der Waals surface area (Å²) in [4.78, 5) is 35.8. The Hall–Kier alpha value is -2.03. The Morgan fingerprint density at radius 3 is 2.61 bits per heavy atom. The predicted octanol–water partition coefficient (Wildman–Crippen LogP) is 1.62. The van der Waals surface area contributed by atoms with E-state index in [1.807, 2.05) is 6.92 Å². The first-order chi connectivity index (χ1) is 17.7. The van der Waals surface area contributed by atoms with Crippen LogP contribution in [0.5, 0.6) is 0 Å². The van der Waals surface area contributed by atoms with Crippen molar-refractivity contribution in [3.8, 4) is 0 Å². The lowest BCUT2D eigenvalue weighted by atomic mass is 10.1. The van der Waals surface area contributed by atoms with Gasteiger partial charge < -0.3 is 39.5 Å². The Labute approximate surface area is 220 Å². The molecule has 4 rings (SSSR count). The molecule has 1 aliphatic heterocycles. The molecule has 0 spiro atoms. The number of anilines is 1. The van der Waals surface area contributed by atoms with E-state index in [1.165, 1.54) is 12.3 Å². The number of nitrogens with one attached hydrogen (secondary N) is 1. The van der Waals surface area contributed by atoms with Crippen molar-refractivity contribution >= 4 is 43.6 Å². The molecule has 208 valence electrons. The zero-order chi connectivity index (χ0) is 27.8. The summed E-state index contributed by atoms with van der Waals surface area (Å²) >= 11 is 6.12. The van der Waals surface area contributed by atoms with Gasteiger partial charge in [0.2, 0.25) is 5.28 Å². The van der Waals surface area contributed by atoms with E-state index < -0.39 is 52.2 Å². The van der Waals surface area contributed by atoms with Gasteiger partial charge in [0.15, 0.2) is 17.8 Å². The summed E-state index contributed by atoms with van der Waals surface area (Å²) < 4.78 is 48.4. The van der Waals surface area contributed by atoms with Gasteiger partial charge in [-0.3, -0.25) is 9.13 Å². The Kier molecular flexibility index (Phi) is 8.55. The van der Waals surface area contributed by atoms with Crippen molar-refractivity contribution in [1.29, 1.82) is 0 Å². The van der Waals surface area contributed by atoms with Crippen LogP contribution in [0.4, 0.5) is 10.2 Å². The second-order valence-electron chi connectivity index (χ2n) is 8.79. The molecule has 1 unspecified atom stereocenters. The molecule has 2 aromatic heterocycles. The number of benzene rings is 1. The molecule has 1 aromatic carbocycles. The fourth-order valence-electron chi connectivity index (χ4n) is 4.01. The van der Waals surface area contributed by atoms with Gasteiger partial charge in [-0.1, -0.05) is 18.2 Å². The molecule has 0 radical (unpaired) electrons. The van der Waals surface area contributed by atoms with Crippen molar-refractivity contribution in [2.75, 3.05) is 17.8 Å². The number of ether oxygens (including phenoxy) is 1. The van der Waals surface area contributed by atoms with E-state index >= 15 is 0 Å². The van der Waals surface area contributed by atoms with E-state index in [-0.39, 0.29) is 28.6 Å². The first-order valence-electron chi connectivity index (χ1n) is 11.2. The topological polar surface area (TPSA) is 209 Å². The highest BCUT2D eigenvalue weighted by Gasteiger charge is 2.46. The van der Waals surface area contributed by atoms with E-state index in [1.54, 1.807) is 18.2 Å². The van der Waals surface area contributed by atoms with Gasteiger partial charge in [0.1, 0.15) is 29.9 Å². The van der Waals surface area contributed by atoms with Gasteiger partial charge in [-0.2, -0.15) is 15.1 Å². The number of aliphatic hydroxyl groups is 2. The molecule has 38 heavy (non-hydrogen) atoms. The van der Waals surface area contributed by atoms with E-state index in [0.717, 1.165) is 4.68 Å². The summed E-state index contributed by atoms with van der Waals surface area (Å²) in [6, 6.07) is 6.06. The predicted molar refractivity (Wildman–Crippen MR) is 132 cm³/mol. The van der Waals surface area contributed by atoms with Crippen LogP contribution in [-0.4, -0.2) is 81.5 Å². The number of aliphatic hydroxyl groups excluding tert-OH is 2. The quantitative estimate of drug-likeness (QED) is 0.146. The highest BCUT2D eigenvalue weighted by Crippen LogP contribution is 2.55.